The predicted molar refractivity (Wildman–Crippen MR) is 162 cm³/mol. The minimum atomic E-state index is -0.910. The van der Waals surface area contributed by atoms with Crippen LogP contribution in [0.2, 0.25) is 0 Å². The number of fused-ring (bicyclic) bond motifs is 2. The van der Waals surface area contributed by atoms with Gasteiger partial charge in [-0.25, -0.2) is 9.78 Å². The SMILES string of the molecule is CC(/C=C/C=C(\C)[C@H](O)[C@@H](C)[C@@H]1C[C@H](O)/C(C)=C/C=C/[C@@H](C)[C@H]2C[C@@H](C/C=C/C(=O)O1)CC(=O)O2)=C\c1coc(C)n1. The fraction of sp³-hybridized carbons (Fsp3) is 0.500. The smallest absolute Gasteiger partial charge is 0.330 e. The number of aryl methyl sites for hydroxylation is 1. The van der Waals surface area contributed by atoms with Gasteiger partial charge in [-0.05, 0) is 62.3 Å². The lowest BCUT2D eigenvalue weighted by molar-refractivity contribution is -0.158. The van der Waals surface area contributed by atoms with Gasteiger partial charge in [0.2, 0.25) is 0 Å². The average molecular weight is 580 g/mol. The van der Waals surface area contributed by atoms with Crippen molar-refractivity contribution in [3.05, 3.63) is 83.2 Å². The summed E-state index contributed by atoms with van der Waals surface area (Å²) in [4.78, 5) is 29.3. The Balaban J connectivity index is 1.76. The molecule has 0 amide bonds. The van der Waals surface area contributed by atoms with Gasteiger partial charge in [0.25, 0.3) is 0 Å². The van der Waals surface area contributed by atoms with E-state index in [1.165, 1.54) is 6.08 Å². The summed E-state index contributed by atoms with van der Waals surface area (Å²) in [5.74, 6) is -0.577. The van der Waals surface area contributed by atoms with Crippen LogP contribution in [-0.4, -0.2) is 51.6 Å². The van der Waals surface area contributed by atoms with Gasteiger partial charge in [0, 0.05) is 37.7 Å². The maximum absolute atomic E-state index is 12.8. The van der Waals surface area contributed by atoms with E-state index in [1.54, 1.807) is 19.3 Å². The van der Waals surface area contributed by atoms with Crippen LogP contribution in [0.5, 0.6) is 0 Å². The molecule has 1 saturated heterocycles. The number of oxazole rings is 1. The highest BCUT2D eigenvalue weighted by atomic mass is 16.5. The van der Waals surface area contributed by atoms with Crippen molar-refractivity contribution in [1.82, 2.24) is 4.98 Å². The Kier molecular flexibility index (Phi) is 12.3. The number of aliphatic hydroxyl groups is 2. The summed E-state index contributed by atoms with van der Waals surface area (Å²) < 4.78 is 16.6. The number of ether oxygens (including phenoxy) is 2. The van der Waals surface area contributed by atoms with Gasteiger partial charge in [-0.1, -0.05) is 56.4 Å². The van der Waals surface area contributed by atoms with Gasteiger partial charge in [0.15, 0.2) is 5.89 Å². The molecule has 3 rings (SSSR count). The third kappa shape index (κ3) is 10.1. The summed E-state index contributed by atoms with van der Waals surface area (Å²) in [5.41, 5.74) is 3.09. The zero-order valence-corrected chi connectivity index (χ0v) is 25.5. The molecule has 0 unspecified atom stereocenters. The fourth-order valence-electron chi connectivity index (χ4n) is 5.15. The normalized spacial score (nSPS) is 31.0. The number of allylic oxidation sites excluding steroid dienone is 7. The molecule has 3 heterocycles. The second kappa shape index (κ2) is 15.7. The Bertz CT molecular complexity index is 1260. The van der Waals surface area contributed by atoms with E-state index in [9.17, 15) is 19.8 Å². The van der Waals surface area contributed by atoms with Crippen LogP contribution >= 0.6 is 0 Å². The average Bonchev–Trinajstić information content (AvgIpc) is 3.34. The summed E-state index contributed by atoms with van der Waals surface area (Å²) in [6.45, 7) is 11.2. The number of carbonyl (C=O) groups excluding carboxylic acids is 2. The minimum absolute atomic E-state index is 0.0114. The molecule has 0 saturated carbocycles. The van der Waals surface area contributed by atoms with Gasteiger partial charge in [-0.3, -0.25) is 4.79 Å². The van der Waals surface area contributed by atoms with Crippen LogP contribution < -0.4 is 0 Å². The third-order valence-electron chi connectivity index (χ3n) is 7.92. The van der Waals surface area contributed by atoms with E-state index >= 15 is 0 Å². The third-order valence-corrected chi connectivity index (χ3v) is 7.92. The zero-order valence-electron chi connectivity index (χ0n) is 25.5. The molecule has 1 aromatic heterocycles. The lowest BCUT2D eigenvalue weighted by atomic mass is 9.86. The van der Waals surface area contributed by atoms with Gasteiger partial charge in [-0.15, -0.1) is 0 Å². The second-order valence-electron chi connectivity index (χ2n) is 11.6. The molecule has 1 aromatic rings. The van der Waals surface area contributed by atoms with E-state index in [0.29, 0.717) is 36.3 Å². The van der Waals surface area contributed by atoms with E-state index in [1.807, 2.05) is 77.2 Å². The number of esters is 2. The first-order valence-electron chi connectivity index (χ1n) is 14.7. The number of hydrogen-bond donors (Lipinski definition) is 2. The zero-order chi connectivity index (χ0) is 30.8. The Labute approximate surface area is 249 Å². The molecule has 2 bridgehead atoms. The standard InChI is InChI=1S/C34H45NO7/c1-21(16-28-20-40-26(6)35-28)10-7-13-24(4)34(39)25(5)31-19-29(36)22(2)11-8-12-23(3)30-17-27(18-33(38)41-30)14-9-15-32(37)42-31/h7-13,15-16,20,23,25,27,29-31,34,36,39H,14,17-19H2,1-6H3/b10-7+,12-8+,15-9+,21-16+,22-11+,24-13+/t23-,25+,27-,29+,30-,31+,34+/m1/s1. The van der Waals surface area contributed by atoms with Crippen LogP contribution in [0.15, 0.2) is 76.0 Å². The van der Waals surface area contributed by atoms with Gasteiger partial charge < -0.3 is 24.1 Å². The van der Waals surface area contributed by atoms with Crippen molar-refractivity contribution < 1.29 is 33.7 Å². The van der Waals surface area contributed by atoms with E-state index in [0.717, 1.165) is 11.3 Å². The summed E-state index contributed by atoms with van der Waals surface area (Å²) in [6, 6.07) is 0. The number of aliphatic hydroxyl groups excluding tert-OH is 2. The summed E-state index contributed by atoms with van der Waals surface area (Å²) in [7, 11) is 0. The van der Waals surface area contributed by atoms with Gasteiger partial charge in [0.1, 0.15) is 24.2 Å². The molecule has 8 heteroatoms. The number of cyclic esters (lactones) is 1. The van der Waals surface area contributed by atoms with E-state index < -0.39 is 30.2 Å². The largest absolute Gasteiger partial charge is 0.462 e. The molecule has 2 aliphatic heterocycles. The molecule has 0 spiro atoms. The first-order valence-corrected chi connectivity index (χ1v) is 14.7. The molecule has 7 atom stereocenters. The van der Waals surface area contributed by atoms with E-state index in [2.05, 4.69) is 4.98 Å². The molecule has 228 valence electrons. The van der Waals surface area contributed by atoms with Crippen molar-refractivity contribution in [2.45, 2.75) is 91.6 Å². The Morgan fingerprint density at radius 3 is 2.64 bits per heavy atom. The van der Waals surface area contributed by atoms with Crippen LogP contribution in [0.4, 0.5) is 0 Å². The molecular weight excluding hydrogens is 534 g/mol. The van der Waals surface area contributed by atoms with Crippen molar-refractivity contribution in [3.63, 3.8) is 0 Å². The predicted octanol–water partition coefficient (Wildman–Crippen LogP) is 5.97. The minimum Gasteiger partial charge on any atom is -0.462 e. The van der Waals surface area contributed by atoms with Gasteiger partial charge in [-0.2, -0.15) is 0 Å². The molecule has 0 aromatic carbocycles. The van der Waals surface area contributed by atoms with Crippen molar-refractivity contribution in [1.29, 1.82) is 0 Å². The maximum atomic E-state index is 12.8. The van der Waals surface area contributed by atoms with Crippen LogP contribution in [0.25, 0.3) is 6.08 Å². The fourth-order valence-corrected chi connectivity index (χ4v) is 5.15. The van der Waals surface area contributed by atoms with Gasteiger partial charge in [0.05, 0.1) is 12.2 Å². The second-order valence-corrected chi connectivity index (χ2v) is 11.6. The molecule has 2 N–H and O–H groups in total. The van der Waals surface area contributed by atoms with Crippen LogP contribution in [0.1, 0.15) is 71.9 Å². The maximum Gasteiger partial charge on any atom is 0.330 e. The summed E-state index contributed by atoms with van der Waals surface area (Å²) in [5, 5.41) is 22.1. The molecule has 42 heavy (non-hydrogen) atoms. The Hall–Kier alpha value is -3.49. The van der Waals surface area contributed by atoms with E-state index in [-0.39, 0.29) is 30.3 Å². The van der Waals surface area contributed by atoms with Crippen molar-refractivity contribution >= 4 is 18.0 Å². The first-order chi connectivity index (χ1) is 19.9. The van der Waals surface area contributed by atoms with Gasteiger partial charge >= 0.3 is 11.9 Å². The highest BCUT2D eigenvalue weighted by molar-refractivity contribution is 5.82. The highest BCUT2D eigenvalue weighted by Gasteiger charge is 2.32. The highest BCUT2D eigenvalue weighted by Crippen LogP contribution is 2.30. The quantitative estimate of drug-likeness (QED) is 0.313. The molecule has 0 aliphatic carbocycles. The number of aromatic nitrogens is 1. The first kappa shape index (κ1) is 33.0. The number of rotatable bonds is 6. The van der Waals surface area contributed by atoms with E-state index in [4.69, 9.17) is 13.9 Å². The number of carbonyl (C=O) groups is 2. The van der Waals surface area contributed by atoms with Crippen LogP contribution in [-0.2, 0) is 19.1 Å². The lowest BCUT2D eigenvalue weighted by Crippen LogP contribution is -2.36. The molecule has 2 aliphatic rings. The summed E-state index contributed by atoms with van der Waals surface area (Å²) in [6.07, 6.45) is 16.8. The van der Waals surface area contributed by atoms with Crippen molar-refractivity contribution in [2.75, 3.05) is 0 Å². The molecule has 1 fully saturated rings. The Morgan fingerprint density at radius 2 is 1.93 bits per heavy atom. The van der Waals surface area contributed by atoms with Crippen molar-refractivity contribution in [2.24, 2.45) is 17.8 Å². The topological polar surface area (TPSA) is 119 Å². The lowest BCUT2D eigenvalue weighted by Gasteiger charge is -2.31. The molecule has 0 radical (unpaired) electrons. The molecular formula is C34H45NO7. The molecule has 8 nitrogen and oxygen atoms in total. The summed E-state index contributed by atoms with van der Waals surface area (Å²) >= 11 is 0. The number of hydrogen-bond acceptors (Lipinski definition) is 8. The number of nitrogens with zero attached hydrogens (tertiary/aromatic N) is 1. The Morgan fingerprint density at radius 1 is 1.17 bits per heavy atom. The van der Waals surface area contributed by atoms with Crippen LogP contribution in [0, 0.1) is 24.7 Å². The van der Waals surface area contributed by atoms with Crippen molar-refractivity contribution in [3.8, 4) is 0 Å². The monoisotopic (exact) mass is 579 g/mol. The van der Waals surface area contributed by atoms with Crippen LogP contribution in [0.3, 0.4) is 0 Å².